The Hall–Kier alpha value is -5.30. The van der Waals surface area contributed by atoms with E-state index in [0.717, 1.165) is 73.7 Å². The van der Waals surface area contributed by atoms with E-state index in [1.54, 1.807) is 26.6 Å². The normalized spacial score (nSPS) is 10.4. The second kappa shape index (κ2) is 23.3. The smallest absolute Gasteiger partial charge is 0.161 e. The molecule has 0 aliphatic heterocycles. The summed E-state index contributed by atoms with van der Waals surface area (Å²) in [6, 6.07) is 52.7. The van der Waals surface area contributed by atoms with Crippen molar-refractivity contribution >= 4 is 17.1 Å². The summed E-state index contributed by atoms with van der Waals surface area (Å²) in [4.78, 5) is 11.1. The monoisotopic (exact) mass is 1140 g/mol. The van der Waals surface area contributed by atoms with E-state index in [-0.39, 0.29) is 40.2 Å². The molecular formula is C50H49Ir2N3O4-2. The third-order valence-electron chi connectivity index (χ3n) is 8.81. The molecule has 0 aliphatic carbocycles. The molecule has 0 bridgehead atoms. The number of benzene rings is 5. The zero-order valence-corrected chi connectivity index (χ0v) is 38.9. The number of hydrogen-bond acceptors (Lipinski definition) is 7. The van der Waals surface area contributed by atoms with Gasteiger partial charge in [-0.05, 0) is 107 Å². The number of aromatic nitrogens is 2. The standard InChI is InChI=1S/C25H21N2O2.C25H28NO2.2Ir/c1-28-23-13-9-20(10-14-23)27(21-11-15-24(29-2)16-12-21)22-7-5-6-19(18-22)25-8-3-4-17-26-25;1-18(2)16-27-24-12-11-21(15-25(24)28-17-19(3)4)20-8-7-9-22(14-20)23-10-5-6-13-26-23;;/h3-5,7-18H,1-2H3;5-8,10-15,18-19H,16-17H2,1-4H3;;/q2*-1;;. The molecule has 9 heteroatoms. The van der Waals surface area contributed by atoms with Crippen molar-refractivity contribution in [1.29, 1.82) is 0 Å². The molecule has 0 aliphatic rings. The summed E-state index contributed by atoms with van der Waals surface area (Å²) in [7, 11) is 3.34. The minimum atomic E-state index is 0. The Morgan fingerprint density at radius 2 is 1.00 bits per heavy atom. The van der Waals surface area contributed by atoms with Crippen molar-refractivity contribution in [3.05, 3.63) is 164 Å². The Bertz CT molecular complexity index is 2240. The van der Waals surface area contributed by atoms with Crippen molar-refractivity contribution in [3.63, 3.8) is 0 Å². The number of methoxy groups -OCH3 is 2. The fourth-order valence-corrected chi connectivity index (χ4v) is 5.92. The van der Waals surface area contributed by atoms with Crippen molar-refractivity contribution in [2.45, 2.75) is 27.7 Å². The number of rotatable bonds is 14. The van der Waals surface area contributed by atoms with Crippen molar-refractivity contribution in [3.8, 4) is 56.6 Å². The van der Waals surface area contributed by atoms with Gasteiger partial charge < -0.3 is 33.8 Å². The van der Waals surface area contributed by atoms with Gasteiger partial charge in [-0.3, -0.25) is 0 Å². The van der Waals surface area contributed by atoms with Gasteiger partial charge in [0, 0.05) is 64.0 Å². The van der Waals surface area contributed by atoms with Gasteiger partial charge in [0.2, 0.25) is 0 Å². The van der Waals surface area contributed by atoms with Crippen LogP contribution in [0, 0.1) is 24.0 Å². The van der Waals surface area contributed by atoms with E-state index >= 15 is 0 Å². The number of hydrogen-bond donors (Lipinski definition) is 0. The molecule has 0 atom stereocenters. The number of ether oxygens (including phenoxy) is 4. The Morgan fingerprint density at radius 3 is 1.49 bits per heavy atom. The second-order valence-electron chi connectivity index (χ2n) is 14.2. The third kappa shape index (κ3) is 13.1. The molecule has 0 unspecified atom stereocenters. The minimum absolute atomic E-state index is 0. The molecule has 0 saturated carbocycles. The van der Waals surface area contributed by atoms with Gasteiger partial charge in [0.15, 0.2) is 11.5 Å². The molecule has 7 aromatic rings. The van der Waals surface area contributed by atoms with Crippen LogP contribution in [0.25, 0.3) is 33.6 Å². The molecule has 2 radical (unpaired) electrons. The zero-order chi connectivity index (χ0) is 40.0. The van der Waals surface area contributed by atoms with Gasteiger partial charge in [0.25, 0.3) is 0 Å². The van der Waals surface area contributed by atoms with E-state index in [0.29, 0.717) is 25.0 Å². The molecule has 0 spiro atoms. The van der Waals surface area contributed by atoms with Gasteiger partial charge in [-0.2, -0.15) is 0 Å². The van der Waals surface area contributed by atoms with E-state index in [1.807, 2.05) is 109 Å². The Morgan fingerprint density at radius 1 is 0.508 bits per heavy atom. The average Bonchev–Trinajstić information content (AvgIpc) is 3.26. The van der Waals surface area contributed by atoms with Gasteiger partial charge in [-0.1, -0.05) is 58.0 Å². The topological polar surface area (TPSA) is 65.9 Å². The predicted octanol–water partition coefficient (Wildman–Crippen LogP) is 12.3. The first kappa shape index (κ1) is 46.4. The quantitative estimate of drug-likeness (QED) is 0.101. The molecule has 0 fully saturated rings. The molecule has 308 valence electrons. The maximum atomic E-state index is 6.06. The third-order valence-corrected chi connectivity index (χ3v) is 8.81. The molecule has 0 saturated heterocycles. The zero-order valence-electron chi connectivity index (χ0n) is 34.1. The summed E-state index contributed by atoms with van der Waals surface area (Å²) in [5, 5.41) is 0. The van der Waals surface area contributed by atoms with Crippen LogP contribution < -0.4 is 23.8 Å². The maximum absolute atomic E-state index is 6.06. The summed E-state index contributed by atoms with van der Waals surface area (Å²) < 4.78 is 22.7. The van der Waals surface area contributed by atoms with Gasteiger partial charge in [-0.25, -0.2) is 0 Å². The van der Waals surface area contributed by atoms with Crippen LogP contribution in [0.3, 0.4) is 0 Å². The predicted molar refractivity (Wildman–Crippen MR) is 231 cm³/mol. The molecule has 0 amide bonds. The molecule has 0 N–H and O–H groups in total. The van der Waals surface area contributed by atoms with Crippen LogP contribution in [-0.2, 0) is 40.2 Å². The van der Waals surface area contributed by atoms with Crippen LogP contribution in [0.15, 0.2) is 152 Å². The number of anilines is 3. The van der Waals surface area contributed by atoms with Crippen molar-refractivity contribution in [2.24, 2.45) is 11.8 Å². The molecule has 7 rings (SSSR count). The Kier molecular flexibility index (Phi) is 18.3. The summed E-state index contributed by atoms with van der Waals surface area (Å²) >= 11 is 0. The van der Waals surface area contributed by atoms with Crippen LogP contribution in [0.4, 0.5) is 17.1 Å². The SMILES string of the molecule is CC(C)COc1ccc(-c2cc[c-]c(-c3ccccn3)c2)cc1OCC(C)C.COc1ccc(N(c2ccc(OC)cc2)c2cc[c-]c(-c3ccccn3)c2)cc1.[Ir].[Ir]. The van der Waals surface area contributed by atoms with Crippen LogP contribution in [0.1, 0.15) is 27.7 Å². The summed E-state index contributed by atoms with van der Waals surface area (Å²) in [6.45, 7) is 9.89. The van der Waals surface area contributed by atoms with Crippen LogP contribution in [0.5, 0.6) is 23.0 Å². The largest absolute Gasteiger partial charge is 0.497 e. The van der Waals surface area contributed by atoms with Gasteiger partial charge in [-0.15, -0.1) is 65.2 Å². The first-order valence-corrected chi connectivity index (χ1v) is 19.2. The van der Waals surface area contributed by atoms with Crippen molar-refractivity contribution in [2.75, 3.05) is 32.3 Å². The Labute approximate surface area is 376 Å². The van der Waals surface area contributed by atoms with Gasteiger partial charge in [0.05, 0.1) is 27.4 Å². The summed E-state index contributed by atoms with van der Waals surface area (Å²) in [6.07, 6.45) is 3.59. The summed E-state index contributed by atoms with van der Waals surface area (Å²) in [5.41, 5.74) is 8.96. The molecule has 59 heavy (non-hydrogen) atoms. The van der Waals surface area contributed by atoms with E-state index in [2.05, 4.69) is 85.0 Å². The molecule has 2 aromatic heterocycles. The molecule has 7 nitrogen and oxygen atoms in total. The molecule has 5 aromatic carbocycles. The van der Waals surface area contributed by atoms with Crippen molar-refractivity contribution in [1.82, 2.24) is 9.97 Å². The maximum Gasteiger partial charge on any atom is 0.161 e. The van der Waals surface area contributed by atoms with Crippen LogP contribution >= 0.6 is 0 Å². The van der Waals surface area contributed by atoms with Crippen LogP contribution in [-0.4, -0.2) is 37.4 Å². The van der Waals surface area contributed by atoms with Crippen LogP contribution in [0.2, 0.25) is 0 Å². The van der Waals surface area contributed by atoms with Gasteiger partial charge >= 0.3 is 0 Å². The number of nitrogens with zero attached hydrogens (tertiary/aromatic N) is 3. The Balaban J connectivity index is 0.000000252. The first-order valence-electron chi connectivity index (χ1n) is 19.2. The minimum Gasteiger partial charge on any atom is -0.497 e. The summed E-state index contributed by atoms with van der Waals surface area (Å²) in [5.74, 6) is 4.13. The number of pyridine rings is 2. The first-order chi connectivity index (χ1) is 27.8. The van der Waals surface area contributed by atoms with E-state index in [1.165, 1.54) is 0 Å². The molecular weight excluding hydrogens is 1090 g/mol. The average molecular weight is 1140 g/mol. The van der Waals surface area contributed by atoms with Gasteiger partial charge in [0.1, 0.15) is 11.5 Å². The fourth-order valence-electron chi connectivity index (χ4n) is 5.92. The molecule has 2 heterocycles. The van der Waals surface area contributed by atoms with E-state index in [4.69, 9.17) is 18.9 Å². The van der Waals surface area contributed by atoms with Crippen molar-refractivity contribution < 1.29 is 59.2 Å². The second-order valence-corrected chi connectivity index (χ2v) is 14.2. The van der Waals surface area contributed by atoms with E-state index < -0.39 is 0 Å². The fraction of sp³-hybridized carbons (Fsp3) is 0.200. The van der Waals surface area contributed by atoms with E-state index in [9.17, 15) is 0 Å².